The van der Waals surface area contributed by atoms with E-state index in [0.717, 1.165) is 6.07 Å². The fraction of sp³-hybridized carbons (Fsp3) is 0.333. The lowest BCUT2D eigenvalue weighted by atomic mass is 10.2. The Balaban J connectivity index is 3.09. The number of ether oxygens (including phenoxy) is 1. The molecule has 0 fully saturated rings. The molecular formula is C9H9F3OS. The third-order valence-corrected chi connectivity index (χ3v) is 1.97. The van der Waals surface area contributed by atoms with Crippen LogP contribution < -0.4 is 4.74 Å². The zero-order chi connectivity index (χ0) is 10.8. The zero-order valence-corrected chi connectivity index (χ0v) is 8.32. The molecule has 0 atom stereocenters. The minimum atomic E-state index is -4.38. The summed E-state index contributed by atoms with van der Waals surface area (Å²) in [6.45, 7) is 2.05. The van der Waals surface area contributed by atoms with Gasteiger partial charge >= 0.3 is 6.18 Å². The zero-order valence-electron chi connectivity index (χ0n) is 7.43. The minimum Gasteiger partial charge on any atom is -0.494 e. The van der Waals surface area contributed by atoms with Gasteiger partial charge in [0, 0.05) is 4.90 Å². The minimum absolute atomic E-state index is 0.0963. The van der Waals surface area contributed by atoms with Crippen LogP contribution in [0.4, 0.5) is 13.2 Å². The lowest BCUT2D eigenvalue weighted by Gasteiger charge is -2.11. The van der Waals surface area contributed by atoms with Crippen LogP contribution in [0.3, 0.4) is 0 Å². The van der Waals surface area contributed by atoms with E-state index in [0.29, 0.717) is 6.61 Å². The van der Waals surface area contributed by atoms with Crippen LogP contribution in [0.2, 0.25) is 0 Å². The maximum atomic E-state index is 12.4. The Morgan fingerprint density at radius 1 is 1.36 bits per heavy atom. The first-order valence-electron chi connectivity index (χ1n) is 3.98. The number of rotatable bonds is 2. The van der Waals surface area contributed by atoms with E-state index in [9.17, 15) is 13.2 Å². The van der Waals surface area contributed by atoms with Gasteiger partial charge in [-0.05, 0) is 25.1 Å². The summed E-state index contributed by atoms with van der Waals surface area (Å²) in [5, 5.41) is 0. The highest BCUT2D eigenvalue weighted by Crippen LogP contribution is 2.35. The Morgan fingerprint density at radius 3 is 2.50 bits per heavy atom. The lowest BCUT2D eigenvalue weighted by Crippen LogP contribution is -2.06. The number of alkyl halides is 3. The number of halogens is 3. The van der Waals surface area contributed by atoms with Gasteiger partial charge in [-0.1, -0.05) is 0 Å². The summed E-state index contributed by atoms with van der Waals surface area (Å²) in [5.74, 6) is 0.206. The van der Waals surface area contributed by atoms with Gasteiger partial charge in [0.1, 0.15) is 5.75 Å². The topological polar surface area (TPSA) is 9.23 Å². The van der Waals surface area contributed by atoms with Gasteiger partial charge < -0.3 is 4.74 Å². The highest BCUT2D eigenvalue weighted by molar-refractivity contribution is 7.80. The molecule has 78 valence electrons. The molecule has 0 saturated carbocycles. The van der Waals surface area contributed by atoms with E-state index in [2.05, 4.69) is 12.6 Å². The van der Waals surface area contributed by atoms with Crippen molar-refractivity contribution < 1.29 is 17.9 Å². The van der Waals surface area contributed by atoms with E-state index in [1.165, 1.54) is 12.1 Å². The molecule has 1 rings (SSSR count). The van der Waals surface area contributed by atoms with Crippen LogP contribution in [0.5, 0.6) is 5.75 Å². The molecule has 1 nitrogen and oxygen atoms in total. The van der Waals surface area contributed by atoms with Crippen LogP contribution in [0, 0.1) is 0 Å². The van der Waals surface area contributed by atoms with Crippen LogP contribution in [0.1, 0.15) is 12.5 Å². The summed E-state index contributed by atoms with van der Waals surface area (Å²) < 4.78 is 42.1. The largest absolute Gasteiger partial charge is 0.494 e. The van der Waals surface area contributed by atoms with E-state index >= 15 is 0 Å². The Labute approximate surface area is 85.3 Å². The van der Waals surface area contributed by atoms with Crippen molar-refractivity contribution in [3.63, 3.8) is 0 Å². The Hall–Kier alpha value is -0.840. The van der Waals surface area contributed by atoms with Crippen molar-refractivity contribution in [2.24, 2.45) is 0 Å². The summed E-state index contributed by atoms with van der Waals surface area (Å²) in [5.41, 5.74) is -0.771. The molecule has 0 spiro atoms. The molecule has 0 aliphatic carbocycles. The van der Waals surface area contributed by atoms with Crippen LogP contribution in [0.15, 0.2) is 23.1 Å². The van der Waals surface area contributed by atoms with E-state index < -0.39 is 11.7 Å². The van der Waals surface area contributed by atoms with Gasteiger partial charge in [-0.15, -0.1) is 12.6 Å². The van der Waals surface area contributed by atoms with Gasteiger partial charge in [-0.2, -0.15) is 13.2 Å². The molecule has 0 aliphatic rings. The summed E-state index contributed by atoms with van der Waals surface area (Å²) in [6.07, 6.45) is -4.38. The van der Waals surface area contributed by atoms with Gasteiger partial charge in [0.25, 0.3) is 0 Å². The standard InChI is InChI=1S/C9H9F3OS/c1-2-13-6-3-4-8(14)7(5-6)9(10,11)12/h3-5,14H,2H2,1H3. The van der Waals surface area contributed by atoms with E-state index in [-0.39, 0.29) is 10.6 Å². The fourth-order valence-corrected chi connectivity index (χ4v) is 1.26. The summed E-state index contributed by atoms with van der Waals surface area (Å²) in [7, 11) is 0. The first kappa shape index (κ1) is 11.2. The first-order valence-corrected chi connectivity index (χ1v) is 4.43. The van der Waals surface area contributed by atoms with Gasteiger partial charge in [0.2, 0.25) is 0 Å². The van der Waals surface area contributed by atoms with Gasteiger partial charge in [0.05, 0.1) is 12.2 Å². The molecule has 1 aromatic carbocycles. The number of benzene rings is 1. The van der Waals surface area contributed by atoms with Crippen molar-refractivity contribution in [2.75, 3.05) is 6.61 Å². The lowest BCUT2D eigenvalue weighted by molar-refractivity contribution is -0.139. The number of hydrogen-bond donors (Lipinski definition) is 1. The van der Waals surface area contributed by atoms with Crippen LogP contribution in [-0.2, 0) is 6.18 Å². The van der Waals surface area contributed by atoms with Crippen molar-refractivity contribution in [3.8, 4) is 5.75 Å². The number of thiol groups is 1. The molecule has 0 heterocycles. The van der Waals surface area contributed by atoms with Crippen molar-refractivity contribution >= 4 is 12.6 Å². The van der Waals surface area contributed by atoms with Gasteiger partial charge in [-0.25, -0.2) is 0 Å². The molecule has 0 saturated heterocycles. The van der Waals surface area contributed by atoms with E-state index in [4.69, 9.17) is 4.74 Å². The van der Waals surface area contributed by atoms with Crippen molar-refractivity contribution in [2.45, 2.75) is 18.0 Å². The normalized spacial score (nSPS) is 11.5. The van der Waals surface area contributed by atoms with E-state index in [1.54, 1.807) is 6.92 Å². The van der Waals surface area contributed by atoms with Gasteiger partial charge in [0.15, 0.2) is 0 Å². The first-order chi connectivity index (χ1) is 6.45. The average molecular weight is 222 g/mol. The molecule has 0 unspecified atom stereocenters. The average Bonchev–Trinajstić information content (AvgIpc) is 2.07. The monoisotopic (exact) mass is 222 g/mol. The summed E-state index contributed by atoms with van der Waals surface area (Å²) >= 11 is 3.73. The molecule has 0 aromatic heterocycles. The summed E-state index contributed by atoms with van der Waals surface area (Å²) in [6, 6.07) is 3.68. The third-order valence-electron chi connectivity index (χ3n) is 1.58. The van der Waals surface area contributed by atoms with Crippen LogP contribution >= 0.6 is 12.6 Å². The third kappa shape index (κ3) is 2.57. The molecule has 0 radical (unpaired) electrons. The smallest absolute Gasteiger partial charge is 0.417 e. The van der Waals surface area contributed by atoms with E-state index in [1.807, 2.05) is 0 Å². The van der Waals surface area contributed by atoms with Gasteiger partial charge in [-0.3, -0.25) is 0 Å². The molecule has 14 heavy (non-hydrogen) atoms. The quantitative estimate of drug-likeness (QED) is 0.754. The predicted octanol–water partition coefficient (Wildman–Crippen LogP) is 3.39. The Kier molecular flexibility index (Phi) is 3.31. The SMILES string of the molecule is CCOc1ccc(S)c(C(F)(F)F)c1. The van der Waals surface area contributed by atoms with Crippen molar-refractivity contribution in [1.29, 1.82) is 0 Å². The van der Waals surface area contributed by atoms with Crippen molar-refractivity contribution in [3.05, 3.63) is 23.8 Å². The number of hydrogen-bond acceptors (Lipinski definition) is 2. The summed E-state index contributed by atoms with van der Waals surface area (Å²) in [4.78, 5) is -0.0963. The second-order valence-corrected chi connectivity index (χ2v) is 3.09. The second-order valence-electron chi connectivity index (χ2n) is 2.61. The second kappa shape index (κ2) is 4.13. The van der Waals surface area contributed by atoms with Crippen LogP contribution in [0.25, 0.3) is 0 Å². The molecule has 0 N–H and O–H groups in total. The maximum absolute atomic E-state index is 12.4. The highest BCUT2D eigenvalue weighted by atomic mass is 32.1. The fourth-order valence-electron chi connectivity index (χ4n) is 0.999. The maximum Gasteiger partial charge on any atom is 0.417 e. The molecule has 0 amide bonds. The predicted molar refractivity (Wildman–Crippen MR) is 49.9 cm³/mol. The highest BCUT2D eigenvalue weighted by Gasteiger charge is 2.33. The van der Waals surface area contributed by atoms with Crippen molar-refractivity contribution in [1.82, 2.24) is 0 Å². The molecule has 5 heteroatoms. The van der Waals surface area contributed by atoms with Crippen LogP contribution in [-0.4, -0.2) is 6.61 Å². The molecular weight excluding hydrogens is 213 g/mol. The Morgan fingerprint density at radius 2 is 2.00 bits per heavy atom. The Bertz CT molecular complexity index is 322. The molecule has 0 bridgehead atoms. The molecule has 1 aromatic rings. The molecule has 0 aliphatic heterocycles.